The summed E-state index contributed by atoms with van der Waals surface area (Å²) in [6.45, 7) is 5.01. The van der Waals surface area contributed by atoms with E-state index < -0.39 is 0 Å². The zero-order valence-corrected chi connectivity index (χ0v) is 20.1. The predicted molar refractivity (Wildman–Crippen MR) is 131 cm³/mol. The number of hydrogen-bond acceptors (Lipinski definition) is 3. The molecule has 1 aromatic carbocycles. The molecule has 0 fully saturated rings. The molecule has 1 aliphatic carbocycles. The first-order chi connectivity index (χ1) is 14.1. The van der Waals surface area contributed by atoms with Crippen LogP contribution in [0, 0.1) is 0 Å². The number of aromatic nitrogens is 4. The molecule has 160 valence electrons. The Morgan fingerprint density at radius 1 is 1.23 bits per heavy atom. The number of benzene rings is 1. The molecule has 0 radical (unpaired) electrons. The Morgan fingerprint density at radius 3 is 2.77 bits per heavy atom. The number of aliphatic imine (C=N–C) groups is 1. The van der Waals surface area contributed by atoms with Gasteiger partial charge in [0.1, 0.15) is 0 Å². The average molecular weight is 519 g/mol. The lowest BCUT2D eigenvalue weighted by Crippen LogP contribution is -2.45. The van der Waals surface area contributed by atoms with Gasteiger partial charge in [0.2, 0.25) is 0 Å². The summed E-state index contributed by atoms with van der Waals surface area (Å²) in [5.74, 6) is 0.814. The zero-order valence-electron chi connectivity index (χ0n) is 17.7. The average Bonchev–Trinajstić information content (AvgIpc) is 3.38. The molecule has 1 atom stereocenters. The van der Waals surface area contributed by atoms with Gasteiger partial charge in [-0.3, -0.25) is 9.67 Å². The number of para-hydroxylation sites is 1. The molecule has 2 N–H and O–H groups in total. The quantitative estimate of drug-likeness (QED) is 0.308. The summed E-state index contributed by atoms with van der Waals surface area (Å²) in [6.07, 6.45) is 9.21. The van der Waals surface area contributed by atoms with E-state index in [9.17, 15) is 0 Å². The van der Waals surface area contributed by atoms with Crippen LogP contribution in [0.5, 0.6) is 0 Å². The third kappa shape index (κ3) is 5.21. The highest BCUT2D eigenvalue weighted by atomic mass is 127. The van der Waals surface area contributed by atoms with E-state index in [2.05, 4.69) is 45.5 Å². The van der Waals surface area contributed by atoms with Crippen LogP contribution in [0.4, 0.5) is 0 Å². The second kappa shape index (κ2) is 10.1. The van der Waals surface area contributed by atoms with Crippen molar-refractivity contribution in [2.24, 2.45) is 4.99 Å². The Morgan fingerprint density at radius 2 is 2.03 bits per heavy atom. The first kappa shape index (κ1) is 22.3. The van der Waals surface area contributed by atoms with Crippen molar-refractivity contribution in [3.8, 4) is 5.69 Å². The van der Waals surface area contributed by atoms with Crippen LogP contribution in [0.3, 0.4) is 0 Å². The zero-order chi connectivity index (χ0) is 20.2. The van der Waals surface area contributed by atoms with Crippen LogP contribution in [0.25, 0.3) is 5.69 Å². The fourth-order valence-corrected chi connectivity index (χ4v) is 3.65. The summed E-state index contributed by atoms with van der Waals surface area (Å²) < 4.78 is 3.96. The molecule has 0 bridgehead atoms. The molecule has 1 unspecified atom stereocenters. The van der Waals surface area contributed by atoms with Crippen molar-refractivity contribution in [3.05, 3.63) is 65.7 Å². The van der Waals surface area contributed by atoms with E-state index in [1.54, 1.807) is 0 Å². The molecule has 0 spiro atoms. The van der Waals surface area contributed by atoms with E-state index in [4.69, 9.17) is 5.10 Å². The van der Waals surface area contributed by atoms with Gasteiger partial charge in [0.15, 0.2) is 5.96 Å². The maximum Gasteiger partial charge on any atom is 0.191 e. The topological polar surface area (TPSA) is 72.1 Å². The second-order valence-corrected chi connectivity index (χ2v) is 7.81. The number of fused-ring (bicyclic) bond motifs is 1. The number of guanidine groups is 1. The standard InChI is InChI=1S/C22H29N7.HI/c1-16(2)28-15-18-9-10-19(11-21(18)27-28)26-22(23-3)24-12-17-13-25-29(14-17)20-7-5-4-6-8-20;/h4-8,13-16,19H,9-12H2,1-3H3,(H2,23,24,26);1H. The third-order valence-electron chi connectivity index (χ3n) is 5.31. The van der Waals surface area contributed by atoms with Gasteiger partial charge in [-0.1, -0.05) is 18.2 Å². The van der Waals surface area contributed by atoms with E-state index >= 15 is 0 Å². The van der Waals surface area contributed by atoms with Crippen LogP contribution >= 0.6 is 24.0 Å². The summed E-state index contributed by atoms with van der Waals surface area (Å²) in [6, 6.07) is 10.9. The van der Waals surface area contributed by atoms with E-state index in [-0.39, 0.29) is 24.0 Å². The van der Waals surface area contributed by atoms with Crippen molar-refractivity contribution in [1.29, 1.82) is 0 Å². The number of hydrogen-bond donors (Lipinski definition) is 2. The highest BCUT2D eigenvalue weighted by Crippen LogP contribution is 2.21. The summed E-state index contributed by atoms with van der Waals surface area (Å²) >= 11 is 0. The van der Waals surface area contributed by atoms with Crippen molar-refractivity contribution in [2.45, 2.75) is 51.7 Å². The molecule has 8 heteroatoms. The van der Waals surface area contributed by atoms with Gasteiger partial charge in [-0.25, -0.2) is 4.68 Å². The van der Waals surface area contributed by atoms with E-state index in [0.717, 1.165) is 36.5 Å². The Balaban J connectivity index is 0.00000256. The smallest absolute Gasteiger partial charge is 0.191 e. The molecule has 0 aliphatic heterocycles. The molecular formula is C22H30IN7. The first-order valence-corrected chi connectivity index (χ1v) is 10.3. The largest absolute Gasteiger partial charge is 0.353 e. The maximum absolute atomic E-state index is 4.76. The fourth-order valence-electron chi connectivity index (χ4n) is 3.65. The monoisotopic (exact) mass is 519 g/mol. The molecule has 3 aromatic rings. The van der Waals surface area contributed by atoms with Crippen LogP contribution in [-0.4, -0.2) is 38.6 Å². The lowest BCUT2D eigenvalue weighted by Gasteiger charge is -2.24. The van der Waals surface area contributed by atoms with Crippen molar-refractivity contribution in [1.82, 2.24) is 30.2 Å². The second-order valence-electron chi connectivity index (χ2n) is 7.81. The lowest BCUT2D eigenvalue weighted by molar-refractivity contribution is 0.499. The molecule has 2 aromatic heterocycles. The predicted octanol–water partition coefficient (Wildman–Crippen LogP) is 3.49. The van der Waals surface area contributed by atoms with Crippen molar-refractivity contribution in [3.63, 3.8) is 0 Å². The molecule has 30 heavy (non-hydrogen) atoms. The van der Waals surface area contributed by atoms with Crippen molar-refractivity contribution in [2.75, 3.05) is 7.05 Å². The Hall–Kier alpha value is -2.36. The Labute approximate surface area is 195 Å². The van der Waals surface area contributed by atoms with E-state index in [1.807, 2.05) is 54.5 Å². The highest BCUT2D eigenvalue weighted by molar-refractivity contribution is 14.0. The molecule has 0 saturated carbocycles. The van der Waals surface area contributed by atoms with Gasteiger partial charge < -0.3 is 10.6 Å². The minimum atomic E-state index is 0. The van der Waals surface area contributed by atoms with Crippen LogP contribution in [0.1, 0.15) is 43.1 Å². The molecule has 1 aliphatic rings. The van der Waals surface area contributed by atoms with Gasteiger partial charge in [0, 0.05) is 50.1 Å². The summed E-state index contributed by atoms with van der Waals surface area (Å²) in [5, 5.41) is 16.2. The Kier molecular flexibility index (Phi) is 7.52. The molecular weight excluding hydrogens is 489 g/mol. The van der Waals surface area contributed by atoms with Crippen LogP contribution in [0.15, 0.2) is 53.9 Å². The summed E-state index contributed by atoms with van der Waals surface area (Å²) in [7, 11) is 1.81. The van der Waals surface area contributed by atoms with Gasteiger partial charge in [0.25, 0.3) is 0 Å². The molecule has 7 nitrogen and oxygen atoms in total. The minimum absolute atomic E-state index is 0. The van der Waals surface area contributed by atoms with Crippen molar-refractivity contribution >= 4 is 29.9 Å². The van der Waals surface area contributed by atoms with Gasteiger partial charge in [-0.15, -0.1) is 24.0 Å². The van der Waals surface area contributed by atoms with E-state index in [0.29, 0.717) is 18.6 Å². The summed E-state index contributed by atoms with van der Waals surface area (Å²) in [4.78, 5) is 4.39. The minimum Gasteiger partial charge on any atom is -0.353 e. The fraction of sp³-hybridized carbons (Fsp3) is 0.409. The lowest BCUT2D eigenvalue weighted by atomic mass is 9.94. The number of nitrogens with zero attached hydrogens (tertiary/aromatic N) is 5. The number of rotatable bonds is 5. The molecule has 4 rings (SSSR count). The summed E-state index contributed by atoms with van der Waals surface area (Å²) in [5.41, 5.74) is 4.76. The number of halogens is 1. The highest BCUT2D eigenvalue weighted by Gasteiger charge is 2.23. The molecule has 0 saturated heterocycles. The van der Waals surface area contributed by atoms with Crippen LogP contribution < -0.4 is 10.6 Å². The maximum atomic E-state index is 4.76. The first-order valence-electron chi connectivity index (χ1n) is 10.3. The van der Waals surface area contributed by atoms with Gasteiger partial charge in [-0.2, -0.15) is 10.2 Å². The number of aryl methyl sites for hydroxylation is 1. The van der Waals surface area contributed by atoms with E-state index in [1.165, 1.54) is 11.3 Å². The number of nitrogens with one attached hydrogen (secondary N) is 2. The van der Waals surface area contributed by atoms with Crippen LogP contribution in [-0.2, 0) is 19.4 Å². The van der Waals surface area contributed by atoms with Crippen molar-refractivity contribution < 1.29 is 0 Å². The van der Waals surface area contributed by atoms with Crippen LogP contribution in [0.2, 0.25) is 0 Å². The normalized spacial score (nSPS) is 16.1. The Bertz CT molecular complexity index is 975. The van der Waals surface area contributed by atoms with Gasteiger partial charge in [-0.05, 0) is 44.4 Å². The third-order valence-corrected chi connectivity index (χ3v) is 5.31. The molecule has 0 amide bonds. The van der Waals surface area contributed by atoms with Gasteiger partial charge >= 0.3 is 0 Å². The SMILES string of the molecule is CN=C(NCc1cnn(-c2ccccc2)c1)NC1CCc2cn(C(C)C)nc2C1.I. The molecule has 2 heterocycles. The van der Waals surface area contributed by atoms with Gasteiger partial charge in [0.05, 0.1) is 17.6 Å².